The molecular weight excluding hydrogens is 371 g/mol. The third kappa shape index (κ3) is 3.13. The number of anilines is 1. The average Bonchev–Trinajstić information content (AvgIpc) is 3.23. The van der Waals surface area contributed by atoms with E-state index in [-0.39, 0.29) is 17.9 Å². The van der Waals surface area contributed by atoms with Crippen LogP contribution in [0.25, 0.3) is 11.1 Å². The number of hydrogen-bond donors (Lipinski definition) is 1. The zero-order valence-electron chi connectivity index (χ0n) is 15.7. The summed E-state index contributed by atoms with van der Waals surface area (Å²) < 4.78 is 40.9. The molecule has 3 atom stereocenters. The molecule has 0 fully saturated rings. The van der Waals surface area contributed by atoms with E-state index in [0.717, 1.165) is 28.8 Å². The molecule has 1 heterocycles. The van der Waals surface area contributed by atoms with E-state index in [0.29, 0.717) is 5.56 Å². The Bertz CT molecular complexity index is 1070. The first kappa shape index (κ1) is 18.0. The van der Waals surface area contributed by atoms with Gasteiger partial charge >= 0.3 is 6.18 Å². The largest absolute Gasteiger partial charge is 0.416 e. The fraction of sp³-hybridized carbons (Fsp3) is 0.200. The summed E-state index contributed by atoms with van der Waals surface area (Å²) in [6.07, 6.45) is 0.660. The lowest BCUT2D eigenvalue weighted by Gasteiger charge is -2.38. The molecule has 1 aliphatic carbocycles. The highest BCUT2D eigenvalue weighted by atomic mass is 19.4. The molecule has 1 aliphatic heterocycles. The van der Waals surface area contributed by atoms with Crippen molar-refractivity contribution in [2.24, 2.45) is 5.92 Å². The van der Waals surface area contributed by atoms with Crippen LogP contribution in [0, 0.1) is 5.92 Å². The Labute approximate surface area is 167 Å². The van der Waals surface area contributed by atoms with Crippen LogP contribution >= 0.6 is 0 Å². The summed E-state index contributed by atoms with van der Waals surface area (Å²) in [6.45, 7) is 0. The SMILES string of the molecule is FC(F)(F)c1ccccc1[C@@H]1Nc2ccc(-c3ccccc3)cc2[C@@H]2C=CC[C@@H]21. The van der Waals surface area contributed by atoms with Gasteiger partial charge in [0, 0.05) is 11.6 Å². The van der Waals surface area contributed by atoms with Crippen molar-refractivity contribution in [1.29, 1.82) is 0 Å². The van der Waals surface area contributed by atoms with Gasteiger partial charge in [-0.25, -0.2) is 0 Å². The molecule has 1 nitrogen and oxygen atoms in total. The monoisotopic (exact) mass is 391 g/mol. The minimum Gasteiger partial charge on any atom is -0.378 e. The van der Waals surface area contributed by atoms with Gasteiger partial charge in [0.1, 0.15) is 0 Å². The molecule has 29 heavy (non-hydrogen) atoms. The smallest absolute Gasteiger partial charge is 0.378 e. The molecule has 0 radical (unpaired) electrons. The summed E-state index contributed by atoms with van der Waals surface area (Å²) in [5.41, 5.74) is 4.12. The highest BCUT2D eigenvalue weighted by Crippen LogP contribution is 2.52. The van der Waals surface area contributed by atoms with E-state index in [4.69, 9.17) is 0 Å². The number of halogens is 3. The average molecular weight is 391 g/mol. The summed E-state index contributed by atoms with van der Waals surface area (Å²) in [7, 11) is 0. The molecule has 146 valence electrons. The lowest BCUT2D eigenvalue weighted by atomic mass is 9.75. The predicted octanol–water partition coefficient (Wildman–Crippen LogP) is 7.20. The molecule has 2 aliphatic rings. The minimum atomic E-state index is -4.36. The van der Waals surface area contributed by atoms with Crippen LogP contribution in [0.2, 0.25) is 0 Å². The van der Waals surface area contributed by atoms with Crippen LogP contribution in [0.1, 0.15) is 35.1 Å². The number of fused-ring (bicyclic) bond motifs is 3. The van der Waals surface area contributed by atoms with Crippen molar-refractivity contribution in [2.75, 3.05) is 5.32 Å². The van der Waals surface area contributed by atoms with Crippen LogP contribution in [-0.4, -0.2) is 0 Å². The molecule has 1 N–H and O–H groups in total. The number of allylic oxidation sites excluding steroid dienone is 2. The summed E-state index contributed by atoms with van der Waals surface area (Å²) >= 11 is 0. The lowest BCUT2D eigenvalue weighted by molar-refractivity contribution is -0.138. The van der Waals surface area contributed by atoms with Gasteiger partial charge in [-0.05, 0) is 52.8 Å². The first-order valence-corrected chi connectivity index (χ1v) is 9.81. The molecule has 0 bridgehead atoms. The fourth-order valence-corrected chi connectivity index (χ4v) is 4.74. The third-order valence-electron chi connectivity index (χ3n) is 6.07. The molecule has 5 rings (SSSR count). The minimum absolute atomic E-state index is 0.0667. The molecule has 0 spiro atoms. The molecule has 3 aromatic rings. The van der Waals surface area contributed by atoms with Crippen LogP contribution in [0.3, 0.4) is 0 Å². The highest BCUT2D eigenvalue weighted by molar-refractivity contribution is 5.71. The van der Waals surface area contributed by atoms with E-state index < -0.39 is 11.7 Å². The number of nitrogens with one attached hydrogen (secondary N) is 1. The van der Waals surface area contributed by atoms with E-state index in [2.05, 4.69) is 35.7 Å². The zero-order chi connectivity index (χ0) is 20.0. The number of hydrogen-bond acceptors (Lipinski definition) is 1. The third-order valence-corrected chi connectivity index (χ3v) is 6.07. The lowest BCUT2D eigenvalue weighted by Crippen LogP contribution is -2.30. The van der Waals surface area contributed by atoms with E-state index in [9.17, 15) is 13.2 Å². The van der Waals surface area contributed by atoms with Gasteiger partial charge in [0.15, 0.2) is 0 Å². The quantitative estimate of drug-likeness (QED) is 0.456. The number of benzene rings is 3. The zero-order valence-corrected chi connectivity index (χ0v) is 15.7. The van der Waals surface area contributed by atoms with Crippen molar-refractivity contribution >= 4 is 5.69 Å². The predicted molar refractivity (Wildman–Crippen MR) is 110 cm³/mol. The topological polar surface area (TPSA) is 12.0 Å². The molecule has 3 aromatic carbocycles. The van der Waals surface area contributed by atoms with Gasteiger partial charge in [-0.15, -0.1) is 0 Å². The van der Waals surface area contributed by atoms with Gasteiger partial charge in [-0.1, -0.05) is 66.7 Å². The first-order chi connectivity index (χ1) is 14.0. The second-order valence-electron chi connectivity index (χ2n) is 7.73. The fourth-order valence-electron chi connectivity index (χ4n) is 4.74. The van der Waals surface area contributed by atoms with E-state index in [1.807, 2.05) is 30.3 Å². The molecular formula is C25H20F3N. The normalized spacial score (nSPS) is 22.7. The Balaban J connectivity index is 1.59. The summed E-state index contributed by atoms with van der Waals surface area (Å²) in [5.74, 6) is 0.179. The highest BCUT2D eigenvalue weighted by Gasteiger charge is 2.42. The van der Waals surface area contributed by atoms with Gasteiger partial charge in [0.2, 0.25) is 0 Å². The Hall–Kier alpha value is -3.01. The van der Waals surface area contributed by atoms with Crippen LogP contribution in [0.5, 0.6) is 0 Å². The molecule has 0 saturated heterocycles. The summed E-state index contributed by atoms with van der Waals surface area (Å²) in [6, 6.07) is 21.9. The van der Waals surface area contributed by atoms with Crippen molar-refractivity contribution in [2.45, 2.75) is 24.6 Å². The standard InChI is InChI=1S/C25H20F3N/c26-25(27,28)22-12-5-4-9-20(22)24-19-11-6-10-18(19)21-15-17(13-14-23(21)29-24)16-7-2-1-3-8-16/h1-10,12-15,18-19,24,29H,11H2/t18-,19+,24-/m1/s1. The maximum Gasteiger partial charge on any atom is 0.416 e. The molecule has 0 aromatic heterocycles. The van der Waals surface area contributed by atoms with Crippen LogP contribution in [0.4, 0.5) is 18.9 Å². The summed E-state index contributed by atoms with van der Waals surface area (Å²) in [4.78, 5) is 0. The second-order valence-corrected chi connectivity index (χ2v) is 7.73. The Morgan fingerprint density at radius 1 is 0.793 bits per heavy atom. The second kappa shape index (κ2) is 6.80. The van der Waals surface area contributed by atoms with E-state index in [1.165, 1.54) is 12.1 Å². The van der Waals surface area contributed by atoms with Gasteiger partial charge in [-0.2, -0.15) is 13.2 Å². The maximum atomic E-state index is 13.6. The molecule has 0 unspecified atom stereocenters. The summed E-state index contributed by atoms with van der Waals surface area (Å²) in [5, 5.41) is 3.44. The van der Waals surface area contributed by atoms with Gasteiger partial charge in [0.05, 0.1) is 11.6 Å². The van der Waals surface area contributed by atoms with E-state index in [1.54, 1.807) is 12.1 Å². The Morgan fingerprint density at radius 3 is 2.34 bits per heavy atom. The van der Waals surface area contributed by atoms with Crippen LogP contribution < -0.4 is 5.32 Å². The maximum absolute atomic E-state index is 13.6. The van der Waals surface area contributed by atoms with Crippen LogP contribution in [0.15, 0.2) is 84.9 Å². The first-order valence-electron chi connectivity index (χ1n) is 9.81. The van der Waals surface area contributed by atoms with Crippen molar-refractivity contribution in [1.82, 2.24) is 0 Å². The van der Waals surface area contributed by atoms with Crippen molar-refractivity contribution in [3.63, 3.8) is 0 Å². The molecule has 0 amide bonds. The van der Waals surface area contributed by atoms with E-state index >= 15 is 0 Å². The van der Waals surface area contributed by atoms with Crippen LogP contribution in [-0.2, 0) is 6.18 Å². The Morgan fingerprint density at radius 2 is 1.55 bits per heavy atom. The van der Waals surface area contributed by atoms with Gasteiger partial charge in [0.25, 0.3) is 0 Å². The van der Waals surface area contributed by atoms with Crippen molar-refractivity contribution in [3.8, 4) is 11.1 Å². The van der Waals surface area contributed by atoms with Crippen molar-refractivity contribution in [3.05, 3.63) is 102 Å². The number of alkyl halides is 3. The Kier molecular flexibility index (Phi) is 4.23. The number of rotatable bonds is 2. The van der Waals surface area contributed by atoms with Gasteiger partial charge < -0.3 is 5.32 Å². The molecule has 0 saturated carbocycles. The van der Waals surface area contributed by atoms with Gasteiger partial charge in [-0.3, -0.25) is 0 Å². The molecule has 4 heteroatoms. The van der Waals surface area contributed by atoms with Crippen molar-refractivity contribution < 1.29 is 13.2 Å².